The summed E-state index contributed by atoms with van der Waals surface area (Å²) in [5, 5.41) is 0. The number of carbonyl (C=O) groups is 1. The maximum atomic E-state index is 11.8. The van der Waals surface area contributed by atoms with Crippen LogP contribution < -0.4 is 15.0 Å². The number of hydrogen-bond donors (Lipinski definition) is 1. The van der Waals surface area contributed by atoms with Gasteiger partial charge in [0.25, 0.3) is 5.91 Å². The van der Waals surface area contributed by atoms with Crippen LogP contribution in [0.15, 0.2) is 54.6 Å². The Kier molecular flexibility index (Phi) is 6.20. The second kappa shape index (κ2) is 8.60. The van der Waals surface area contributed by atoms with Gasteiger partial charge < -0.3 is 9.47 Å². The summed E-state index contributed by atoms with van der Waals surface area (Å²) >= 11 is 0. The summed E-state index contributed by atoms with van der Waals surface area (Å²) in [6.45, 7) is 0.308. The molecule has 0 radical (unpaired) electrons. The van der Waals surface area contributed by atoms with E-state index in [0.29, 0.717) is 18.1 Å². The highest BCUT2D eigenvalue weighted by molar-refractivity contribution is 5.91. The molecule has 0 aliphatic heterocycles. The molecule has 0 fully saturated rings. The van der Waals surface area contributed by atoms with Crippen LogP contribution in [-0.4, -0.2) is 20.1 Å². The molecule has 0 heterocycles. The van der Waals surface area contributed by atoms with Gasteiger partial charge in [-0.05, 0) is 29.8 Å². The molecule has 0 saturated carbocycles. The highest BCUT2D eigenvalue weighted by Crippen LogP contribution is 2.24. The van der Waals surface area contributed by atoms with Gasteiger partial charge in [-0.1, -0.05) is 30.3 Å². The predicted octanol–water partition coefficient (Wildman–Crippen LogP) is 2.97. The smallest absolute Gasteiger partial charge is 0.267 e. The molecule has 1 N–H and O–H groups in total. The Labute approximate surface area is 135 Å². The molecule has 0 spiro atoms. The van der Waals surface area contributed by atoms with Gasteiger partial charge in [0.15, 0.2) is 0 Å². The van der Waals surface area contributed by atoms with Gasteiger partial charge in [-0.2, -0.15) is 0 Å². The number of methoxy groups -OCH3 is 2. The first kappa shape index (κ1) is 16.6. The van der Waals surface area contributed by atoms with Crippen LogP contribution in [0.1, 0.15) is 11.1 Å². The van der Waals surface area contributed by atoms with Crippen molar-refractivity contribution in [2.24, 2.45) is 0 Å². The van der Waals surface area contributed by atoms with Gasteiger partial charge in [-0.15, -0.1) is 0 Å². The summed E-state index contributed by atoms with van der Waals surface area (Å²) in [4.78, 5) is 16.9. The fraction of sp³-hybridized carbons (Fsp3) is 0.167. The minimum absolute atomic E-state index is 0.308. The molecule has 0 aliphatic rings. The molecule has 120 valence electrons. The molecule has 23 heavy (non-hydrogen) atoms. The Balaban J connectivity index is 1.90. The molecular formula is C18H19NO4. The van der Waals surface area contributed by atoms with Gasteiger partial charge >= 0.3 is 0 Å². The van der Waals surface area contributed by atoms with Crippen LogP contribution in [0.3, 0.4) is 0 Å². The fourth-order valence-corrected chi connectivity index (χ4v) is 1.93. The Morgan fingerprint density at radius 2 is 1.87 bits per heavy atom. The molecule has 5 nitrogen and oxygen atoms in total. The fourth-order valence-electron chi connectivity index (χ4n) is 1.93. The minimum atomic E-state index is -0.356. The van der Waals surface area contributed by atoms with Crippen molar-refractivity contribution in [3.63, 3.8) is 0 Å². The molecule has 2 rings (SSSR count). The first-order valence-electron chi connectivity index (χ1n) is 7.08. The summed E-state index contributed by atoms with van der Waals surface area (Å²) in [5.74, 6) is 0.983. The summed E-state index contributed by atoms with van der Waals surface area (Å²) in [5.41, 5.74) is 4.09. The van der Waals surface area contributed by atoms with Gasteiger partial charge in [0, 0.05) is 11.6 Å². The van der Waals surface area contributed by atoms with Crippen molar-refractivity contribution >= 4 is 12.0 Å². The van der Waals surface area contributed by atoms with Gasteiger partial charge in [-0.25, -0.2) is 5.48 Å². The van der Waals surface area contributed by atoms with Crippen molar-refractivity contribution in [1.29, 1.82) is 0 Å². The van der Waals surface area contributed by atoms with E-state index in [9.17, 15) is 4.79 Å². The summed E-state index contributed by atoms with van der Waals surface area (Å²) < 4.78 is 10.4. The third-order valence-electron chi connectivity index (χ3n) is 3.11. The maximum absolute atomic E-state index is 11.8. The molecule has 5 heteroatoms. The van der Waals surface area contributed by atoms with E-state index < -0.39 is 0 Å². The highest BCUT2D eigenvalue weighted by atomic mass is 16.6. The van der Waals surface area contributed by atoms with Crippen LogP contribution in [0.2, 0.25) is 0 Å². The standard InChI is InChI=1S/C18H19NO4/c1-21-16-9-10-17(22-2)15(12-16)8-11-18(20)19-23-13-14-6-4-3-5-7-14/h3-12H,13H2,1-2H3,(H,19,20)/b11-8+. The number of hydroxylamine groups is 1. The zero-order chi connectivity index (χ0) is 16.5. The molecule has 0 bridgehead atoms. The van der Waals surface area contributed by atoms with E-state index in [4.69, 9.17) is 14.3 Å². The van der Waals surface area contributed by atoms with Gasteiger partial charge in [0.2, 0.25) is 0 Å². The lowest BCUT2D eigenvalue weighted by atomic mass is 10.1. The normalized spacial score (nSPS) is 10.5. The zero-order valence-corrected chi connectivity index (χ0v) is 13.1. The minimum Gasteiger partial charge on any atom is -0.497 e. The largest absolute Gasteiger partial charge is 0.497 e. The second-order valence-corrected chi connectivity index (χ2v) is 4.68. The van der Waals surface area contributed by atoms with Crippen molar-refractivity contribution in [2.75, 3.05) is 14.2 Å². The Bertz CT molecular complexity index is 668. The molecule has 0 aliphatic carbocycles. The van der Waals surface area contributed by atoms with Crippen molar-refractivity contribution in [3.8, 4) is 11.5 Å². The number of amides is 1. The molecule has 2 aromatic rings. The molecule has 0 unspecified atom stereocenters. The van der Waals surface area contributed by atoms with Crippen LogP contribution >= 0.6 is 0 Å². The number of rotatable bonds is 7. The third-order valence-corrected chi connectivity index (χ3v) is 3.11. The number of nitrogens with one attached hydrogen (secondary N) is 1. The van der Waals surface area contributed by atoms with E-state index in [0.717, 1.165) is 11.1 Å². The molecule has 1 amide bonds. The van der Waals surface area contributed by atoms with Crippen LogP contribution in [-0.2, 0) is 16.2 Å². The first-order chi connectivity index (χ1) is 11.2. The van der Waals surface area contributed by atoms with E-state index in [1.54, 1.807) is 38.5 Å². The van der Waals surface area contributed by atoms with Gasteiger partial charge in [-0.3, -0.25) is 9.63 Å². The number of hydrogen-bond acceptors (Lipinski definition) is 4. The van der Waals surface area contributed by atoms with Crippen molar-refractivity contribution in [2.45, 2.75) is 6.61 Å². The quantitative estimate of drug-likeness (QED) is 0.631. The van der Waals surface area contributed by atoms with Crippen LogP contribution in [0, 0.1) is 0 Å². The molecule has 2 aromatic carbocycles. The second-order valence-electron chi connectivity index (χ2n) is 4.68. The molecule has 0 aromatic heterocycles. The van der Waals surface area contributed by atoms with Gasteiger partial charge in [0.05, 0.1) is 20.8 Å². The van der Waals surface area contributed by atoms with Gasteiger partial charge in [0.1, 0.15) is 11.5 Å². The van der Waals surface area contributed by atoms with Crippen LogP contribution in [0.5, 0.6) is 11.5 Å². The lowest BCUT2D eigenvalue weighted by Crippen LogP contribution is -2.21. The van der Waals surface area contributed by atoms with E-state index in [-0.39, 0.29) is 5.91 Å². The van der Waals surface area contributed by atoms with Crippen molar-refractivity contribution in [1.82, 2.24) is 5.48 Å². The lowest BCUT2D eigenvalue weighted by molar-refractivity contribution is -0.129. The van der Waals surface area contributed by atoms with Crippen molar-refractivity contribution in [3.05, 3.63) is 65.7 Å². The number of ether oxygens (including phenoxy) is 2. The van der Waals surface area contributed by atoms with Crippen molar-refractivity contribution < 1.29 is 19.1 Å². The van der Waals surface area contributed by atoms with E-state index in [1.165, 1.54) is 6.08 Å². The van der Waals surface area contributed by atoms with Crippen LogP contribution in [0.4, 0.5) is 0 Å². The molecular weight excluding hydrogens is 294 g/mol. The third kappa shape index (κ3) is 5.16. The van der Waals surface area contributed by atoms with E-state index >= 15 is 0 Å². The molecule has 0 atom stereocenters. The zero-order valence-electron chi connectivity index (χ0n) is 13.1. The first-order valence-corrected chi connectivity index (χ1v) is 7.08. The Morgan fingerprint density at radius 1 is 1.09 bits per heavy atom. The number of benzene rings is 2. The summed E-state index contributed by atoms with van der Waals surface area (Å²) in [6.07, 6.45) is 3.02. The average molecular weight is 313 g/mol. The lowest BCUT2D eigenvalue weighted by Gasteiger charge is -2.07. The Morgan fingerprint density at radius 3 is 2.57 bits per heavy atom. The summed E-state index contributed by atoms with van der Waals surface area (Å²) in [7, 11) is 3.15. The topological polar surface area (TPSA) is 56.8 Å². The average Bonchev–Trinajstić information content (AvgIpc) is 2.60. The van der Waals surface area contributed by atoms with E-state index in [1.807, 2.05) is 30.3 Å². The SMILES string of the molecule is COc1ccc(OC)c(/C=C/C(=O)NOCc2ccccc2)c1. The maximum Gasteiger partial charge on any atom is 0.267 e. The summed E-state index contributed by atoms with van der Waals surface area (Å²) in [6, 6.07) is 14.9. The highest BCUT2D eigenvalue weighted by Gasteiger charge is 2.03. The monoisotopic (exact) mass is 313 g/mol. The molecule has 0 saturated heterocycles. The Hall–Kier alpha value is -2.79. The predicted molar refractivity (Wildman–Crippen MR) is 88.0 cm³/mol. The van der Waals surface area contributed by atoms with E-state index in [2.05, 4.69) is 5.48 Å². The van der Waals surface area contributed by atoms with Crippen LogP contribution in [0.25, 0.3) is 6.08 Å². The number of carbonyl (C=O) groups excluding carboxylic acids is 1.